The van der Waals surface area contributed by atoms with Crippen LogP contribution in [0.5, 0.6) is 0 Å². The van der Waals surface area contributed by atoms with Crippen LogP contribution in [0.3, 0.4) is 0 Å². The predicted molar refractivity (Wildman–Crippen MR) is 98.4 cm³/mol. The van der Waals surface area contributed by atoms with E-state index in [0.29, 0.717) is 11.0 Å². The molecule has 2 aromatic rings. The molecule has 0 spiro atoms. The summed E-state index contributed by atoms with van der Waals surface area (Å²) in [6.45, 7) is 5.08. The first-order valence-corrected chi connectivity index (χ1v) is 10.8. The summed E-state index contributed by atoms with van der Waals surface area (Å²) in [5, 5.41) is 6.89. The molecule has 134 valence electrons. The Morgan fingerprint density at radius 3 is 2.64 bits per heavy atom. The summed E-state index contributed by atoms with van der Waals surface area (Å²) in [7, 11) is -3.22. The van der Waals surface area contributed by atoms with Crippen LogP contribution in [0.4, 0.5) is 5.13 Å². The molecule has 1 amide bonds. The average Bonchev–Trinajstić information content (AvgIpc) is 3.06. The van der Waals surface area contributed by atoms with Crippen LogP contribution in [0.15, 0.2) is 29.2 Å². The molecule has 0 aliphatic carbocycles. The Labute approximate surface area is 151 Å². The molecule has 1 atom stereocenters. The van der Waals surface area contributed by atoms with Gasteiger partial charge in [-0.2, -0.15) is 0 Å². The number of amides is 1. The molecular formula is C17H21N3O3S2. The minimum absolute atomic E-state index is 0.159. The smallest absolute Gasteiger partial charge is 0.230 e. The fourth-order valence-electron chi connectivity index (χ4n) is 2.84. The van der Waals surface area contributed by atoms with Crippen LogP contribution in [0.25, 0.3) is 0 Å². The highest BCUT2D eigenvalue weighted by molar-refractivity contribution is 7.90. The van der Waals surface area contributed by atoms with E-state index in [1.807, 2.05) is 0 Å². The number of sulfone groups is 1. The number of hydrogen-bond acceptors (Lipinski definition) is 6. The van der Waals surface area contributed by atoms with Crippen LogP contribution in [0, 0.1) is 5.92 Å². The minimum Gasteiger partial charge on any atom is -0.303 e. The van der Waals surface area contributed by atoms with Gasteiger partial charge in [0.2, 0.25) is 5.91 Å². The third-order valence-corrected chi connectivity index (χ3v) is 6.25. The van der Waals surface area contributed by atoms with Crippen LogP contribution >= 0.6 is 11.3 Å². The van der Waals surface area contributed by atoms with E-state index in [1.165, 1.54) is 28.3 Å². The Hall–Kier alpha value is -1.77. The van der Waals surface area contributed by atoms with Gasteiger partial charge in [-0.25, -0.2) is 13.4 Å². The van der Waals surface area contributed by atoms with Gasteiger partial charge in [0.25, 0.3) is 0 Å². The summed E-state index contributed by atoms with van der Waals surface area (Å²) in [5.41, 5.74) is 1.79. The standard InChI is InChI=1S/C17H21N3O3S2/c1-10(2)15-16-13(9-18-15)24-17(20-16)19-14(21)8-11-4-6-12(7-5-11)25(3,22)23/h4-7,10,15,18H,8-9H2,1-3H3,(H,19,20,21). The first-order chi connectivity index (χ1) is 11.7. The second-order valence-electron chi connectivity index (χ2n) is 6.57. The number of thiazole rings is 1. The molecule has 1 aromatic heterocycles. The molecule has 1 unspecified atom stereocenters. The molecule has 0 fully saturated rings. The van der Waals surface area contributed by atoms with Crippen molar-refractivity contribution in [1.29, 1.82) is 0 Å². The van der Waals surface area contributed by atoms with Crippen molar-refractivity contribution in [1.82, 2.24) is 10.3 Å². The molecule has 1 aliphatic heterocycles. The number of fused-ring (bicyclic) bond motifs is 1. The lowest BCUT2D eigenvalue weighted by molar-refractivity contribution is -0.115. The summed E-state index contributed by atoms with van der Waals surface area (Å²) >= 11 is 1.50. The normalized spacial score (nSPS) is 16.9. The molecule has 6 nitrogen and oxygen atoms in total. The topological polar surface area (TPSA) is 88.2 Å². The van der Waals surface area contributed by atoms with Gasteiger partial charge < -0.3 is 10.6 Å². The zero-order chi connectivity index (χ0) is 18.2. The van der Waals surface area contributed by atoms with Crippen molar-refractivity contribution < 1.29 is 13.2 Å². The van der Waals surface area contributed by atoms with E-state index in [9.17, 15) is 13.2 Å². The van der Waals surface area contributed by atoms with E-state index in [2.05, 4.69) is 29.5 Å². The van der Waals surface area contributed by atoms with Crippen molar-refractivity contribution in [2.24, 2.45) is 5.92 Å². The lowest BCUT2D eigenvalue weighted by Crippen LogP contribution is -2.19. The number of rotatable bonds is 5. The van der Waals surface area contributed by atoms with Gasteiger partial charge in [-0.3, -0.25) is 4.79 Å². The van der Waals surface area contributed by atoms with Gasteiger partial charge in [-0.05, 0) is 23.6 Å². The van der Waals surface area contributed by atoms with E-state index < -0.39 is 9.84 Å². The van der Waals surface area contributed by atoms with Gasteiger partial charge in [0.1, 0.15) is 0 Å². The fourth-order valence-corrected chi connectivity index (χ4v) is 4.45. The average molecular weight is 380 g/mol. The van der Waals surface area contributed by atoms with Crippen molar-refractivity contribution >= 4 is 32.2 Å². The highest BCUT2D eigenvalue weighted by atomic mass is 32.2. The van der Waals surface area contributed by atoms with Crippen molar-refractivity contribution in [2.75, 3.05) is 11.6 Å². The molecule has 1 aromatic carbocycles. The molecule has 2 N–H and O–H groups in total. The Morgan fingerprint density at radius 1 is 1.36 bits per heavy atom. The maximum atomic E-state index is 12.2. The third kappa shape index (κ3) is 4.08. The summed E-state index contributed by atoms with van der Waals surface area (Å²) in [6, 6.07) is 6.61. The van der Waals surface area contributed by atoms with Crippen LogP contribution in [-0.4, -0.2) is 25.6 Å². The molecule has 8 heteroatoms. The fraction of sp³-hybridized carbons (Fsp3) is 0.412. The van der Waals surface area contributed by atoms with Crippen molar-refractivity contribution in [2.45, 2.75) is 37.8 Å². The molecule has 0 saturated heterocycles. The van der Waals surface area contributed by atoms with E-state index >= 15 is 0 Å². The first-order valence-electron chi connectivity index (χ1n) is 8.06. The Morgan fingerprint density at radius 2 is 2.04 bits per heavy atom. The zero-order valence-corrected chi connectivity index (χ0v) is 16.0. The third-order valence-electron chi connectivity index (χ3n) is 4.13. The van der Waals surface area contributed by atoms with Gasteiger partial charge in [0, 0.05) is 17.7 Å². The van der Waals surface area contributed by atoms with Crippen LogP contribution < -0.4 is 10.6 Å². The quantitative estimate of drug-likeness (QED) is 0.833. The lowest BCUT2D eigenvalue weighted by Gasteiger charge is -2.14. The van der Waals surface area contributed by atoms with Gasteiger partial charge >= 0.3 is 0 Å². The number of anilines is 1. The molecule has 2 heterocycles. The lowest BCUT2D eigenvalue weighted by atomic mass is 10.0. The number of carbonyl (C=O) groups is 1. The van der Waals surface area contributed by atoms with Gasteiger partial charge in [-0.1, -0.05) is 26.0 Å². The molecule has 0 radical (unpaired) electrons. The summed E-state index contributed by atoms with van der Waals surface area (Å²) < 4.78 is 22.9. The first kappa shape index (κ1) is 18.0. The summed E-state index contributed by atoms with van der Waals surface area (Å²) in [4.78, 5) is 18.2. The Bertz CT molecular complexity index is 886. The molecule has 25 heavy (non-hydrogen) atoms. The van der Waals surface area contributed by atoms with Gasteiger partial charge in [0.05, 0.1) is 23.1 Å². The molecular weight excluding hydrogens is 358 g/mol. The SMILES string of the molecule is CC(C)C1NCc2sc(NC(=O)Cc3ccc(S(C)(=O)=O)cc3)nc21. The number of benzene rings is 1. The van der Waals surface area contributed by atoms with E-state index in [1.54, 1.807) is 12.1 Å². The zero-order valence-electron chi connectivity index (χ0n) is 14.4. The van der Waals surface area contributed by atoms with Gasteiger partial charge in [0.15, 0.2) is 15.0 Å². The van der Waals surface area contributed by atoms with E-state index in [4.69, 9.17) is 0 Å². The largest absolute Gasteiger partial charge is 0.303 e. The van der Waals surface area contributed by atoms with Gasteiger partial charge in [-0.15, -0.1) is 11.3 Å². The second-order valence-corrected chi connectivity index (χ2v) is 9.67. The molecule has 3 rings (SSSR count). The van der Waals surface area contributed by atoms with E-state index in [-0.39, 0.29) is 23.3 Å². The van der Waals surface area contributed by atoms with Crippen molar-refractivity contribution in [3.63, 3.8) is 0 Å². The van der Waals surface area contributed by atoms with Crippen LogP contribution in [0.2, 0.25) is 0 Å². The number of carbonyl (C=O) groups excluding carboxylic acids is 1. The number of aromatic nitrogens is 1. The Kier molecular flexibility index (Phi) is 4.95. The highest BCUT2D eigenvalue weighted by Crippen LogP contribution is 2.35. The second kappa shape index (κ2) is 6.86. The maximum Gasteiger partial charge on any atom is 0.230 e. The van der Waals surface area contributed by atoms with Crippen LogP contribution in [0.1, 0.15) is 36.0 Å². The minimum atomic E-state index is -3.22. The summed E-state index contributed by atoms with van der Waals surface area (Å²) in [6.07, 6.45) is 1.34. The molecule has 0 bridgehead atoms. The molecule has 1 aliphatic rings. The number of nitrogens with one attached hydrogen (secondary N) is 2. The van der Waals surface area contributed by atoms with E-state index in [0.717, 1.165) is 24.1 Å². The van der Waals surface area contributed by atoms with Crippen molar-refractivity contribution in [3.05, 3.63) is 40.4 Å². The Balaban J connectivity index is 1.65. The predicted octanol–water partition coefficient (Wildman–Crippen LogP) is 2.53. The monoisotopic (exact) mass is 379 g/mol. The number of nitrogens with zero attached hydrogens (tertiary/aromatic N) is 1. The highest BCUT2D eigenvalue weighted by Gasteiger charge is 2.29. The van der Waals surface area contributed by atoms with Crippen molar-refractivity contribution in [3.8, 4) is 0 Å². The summed E-state index contributed by atoms with van der Waals surface area (Å²) in [5.74, 6) is 0.286. The molecule has 0 saturated carbocycles. The van der Waals surface area contributed by atoms with Crippen LogP contribution in [-0.2, 0) is 27.6 Å². The number of hydrogen-bond donors (Lipinski definition) is 2. The maximum absolute atomic E-state index is 12.2.